The molecule has 1 N–H and O–H groups in total. The molecule has 5 nitrogen and oxygen atoms in total. The number of hydrogen-bond donors (Lipinski definition) is 1. The summed E-state index contributed by atoms with van der Waals surface area (Å²) in [5, 5.41) is 13.1. The summed E-state index contributed by atoms with van der Waals surface area (Å²) in [7, 11) is 0. The van der Waals surface area contributed by atoms with Gasteiger partial charge in [-0.3, -0.25) is 0 Å². The number of carboxylic acids is 1. The van der Waals surface area contributed by atoms with Crippen molar-refractivity contribution in [3.8, 4) is 17.1 Å². The third kappa shape index (κ3) is 2.75. The van der Waals surface area contributed by atoms with Crippen LogP contribution in [0.25, 0.3) is 17.1 Å². The van der Waals surface area contributed by atoms with Gasteiger partial charge < -0.3 is 5.11 Å². The summed E-state index contributed by atoms with van der Waals surface area (Å²) < 4.78 is 15.4. The lowest BCUT2D eigenvalue weighted by Gasteiger charge is -2.06. The van der Waals surface area contributed by atoms with Crippen LogP contribution in [-0.2, 0) is 0 Å². The Hall–Kier alpha value is -2.54. The second-order valence-corrected chi connectivity index (χ2v) is 5.37. The first-order valence-corrected chi connectivity index (χ1v) is 7.06. The maximum atomic E-state index is 13.1. The van der Waals surface area contributed by atoms with E-state index < -0.39 is 5.97 Å². The zero-order chi connectivity index (χ0) is 15.7. The fourth-order valence-corrected chi connectivity index (χ4v) is 2.22. The predicted molar refractivity (Wildman–Crippen MR) is 81.4 cm³/mol. The molecule has 0 atom stereocenters. The summed E-state index contributed by atoms with van der Waals surface area (Å²) in [5.41, 5.74) is 1.23. The lowest BCUT2D eigenvalue weighted by atomic mass is 10.2. The van der Waals surface area contributed by atoms with Crippen LogP contribution in [0.15, 0.2) is 53.0 Å². The Morgan fingerprint density at radius 1 is 1.09 bits per heavy atom. The van der Waals surface area contributed by atoms with Gasteiger partial charge in [-0.05, 0) is 48.5 Å². The molecule has 1 heterocycles. The van der Waals surface area contributed by atoms with Crippen LogP contribution in [0, 0.1) is 5.82 Å². The van der Waals surface area contributed by atoms with Gasteiger partial charge in [0.1, 0.15) is 5.82 Å². The Morgan fingerprint density at radius 3 is 2.32 bits per heavy atom. The summed E-state index contributed by atoms with van der Waals surface area (Å²) >= 11 is 3.34. The number of carbonyl (C=O) groups is 1. The van der Waals surface area contributed by atoms with Gasteiger partial charge in [0.15, 0.2) is 5.82 Å². The van der Waals surface area contributed by atoms with Crippen molar-refractivity contribution in [3.05, 3.63) is 64.6 Å². The third-order valence-electron chi connectivity index (χ3n) is 2.97. The number of nitrogens with zero attached hydrogens (tertiary/aromatic N) is 3. The van der Waals surface area contributed by atoms with E-state index in [1.54, 1.807) is 12.1 Å². The smallest absolute Gasteiger partial charge is 0.375 e. The minimum absolute atomic E-state index is 0.317. The number of hydrogen-bond acceptors (Lipinski definition) is 3. The van der Waals surface area contributed by atoms with E-state index >= 15 is 0 Å². The molecule has 2 aromatic carbocycles. The molecule has 7 heteroatoms. The highest BCUT2D eigenvalue weighted by molar-refractivity contribution is 9.10. The van der Waals surface area contributed by atoms with Crippen LogP contribution in [-0.4, -0.2) is 25.8 Å². The zero-order valence-electron chi connectivity index (χ0n) is 11.1. The number of aromatic carboxylic acids is 1. The van der Waals surface area contributed by atoms with Gasteiger partial charge in [0, 0.05) is 10.0 Å². The molecule has 3 aromatic rings. The summed E-state index contributed by atoms with van der Waals surface area (Å²) in [6, 6.07) is 12.8. The van der Waals surface area contributed by atoms with Crippen molar-refractivity contribution >= 4 is 21.9 Å². The average Bonchev–Trinajstić information content (AvgIpc) is 2.94. The fraction of sp³-hybridized carbons (Fsp3) is 0. The van der Waals surface area contributed by atoms with Crippen molar-refractivity contribution in [3.63, 3.8) is 0 Å². The van der Waals surface area contributed by atoms with Gasteiger partial charge in [0.25, 0.3) is 5.82 Å². The van der Waals surface area contributed by atoms with Crippen molar-refractivity contribution in [2.24, 2.45) is 0 Å². The first-order valence-electron chi connectivity index (χ1n) is 6.27. The van der Waals surface area contributed by atoms with Crippen LogP contribution in [0.5, 0.6) is 0 Å². The minimum atomic E-state index is -1.22. The molecule has 110 valence electrons. The standard InChI is InChI=1S/C15H9BrFN3O2/c16-10-3-7-12(8-4-10)20-14(18-13(19-20)15(21)22)9-1-5-11(17)6-2-9/h1-8H,(H,21,22). The van der Waals surface area contributed by atoms with E-state index in [9.17, 15) is 9.18 Å². The molecule has 0 fully saturated rings. The lowest BCUT2D eigenvalue weighted by molar-refractivity contribution is 0.0683. The Kier molecular flexibility index (Phi) is 3.72. The van der Waals surface area contributed by atoms with Gasteiger partial charge >= 0.3 is 5.97 Å². The van der Waals surface area contributed by atoms with Crippen molar-refractivity contribution in [1.82, 2.24) is 14.8 Å². The highest BCUT2D eigenvalue weighted by atomic mass is 79.9. The Bertz CT molecular complexity index is 766. The fourth-order valence-electron chi connectivity index (χ4n) is 1.95. The molecule has 0 aliphatic rings. The number of aromatic nitrogens is 3. The molecule has 0 unspecified atom stereocenters. The molecule has 0 spiro atoms. The van der Waals surface area contributed by atoms with Crippen LogP contribution >= 0.6 is 15.9 Å². The van der Waals surface area contributed by atoms with Crippen LogP contribution in [0.2, 0.25) is 0 Å². The van der Waals surface area contributed by atoms with Crippen LogP contribution in [0.4, 0.5) is 4.39 Å². The van der Waals surface area contributed by atoms with Gasteiger partial charge in [-0.15, -0.1) is 5.10 Å². The molecular formula is C15H9BrFN3O2. The maximum Gasteiger partial charge on any atom is 0.375 e. The third-order valence-corrected chi connectivity index (χ3v) is 3.50. The van der Waals surface area contributed by atoms with Crippen molar-refractivity contribution in [2.75, 3.05) is 0 Å². The second-order valence-electron chi connectivity index (χ2n) is 4.46. The lowest BCUT2D eigenvalue weighted by Crippen LogP contribution is -2.02. The van der Waals surface area contributed by atoms with Gasteiger partial charge in [0.05, 0.1) is 5.69 Å². The van der Waals surface area contributed by atoms with Crippen molar-refractivity contribution in [2.45, 2.75) is 0 Å². The minimum Gasteiger partial charge on any atom is -0.475 e. The number of halogens is 2. The Balaban J connectivity index is 2.17. The van der Waals surface area contributed by atoms with Crippen LogP contribution in [0.3, 0.4) is 0 Å². The normalized spacial score (nSPS) is 10.6. The van der Waals surface area contributed by atoms with Gasteiger partial charge in [0.2, 0.25) is 0 Å². The molecule has 0 aliphatic heterocycles. The van der Waals surface area contributed by atoms with E-state index in [1.807, 2.05) is 12.1 Å². The molecular weight excluding hydrogens is 353 g/mol. The van der Waals surface area contributed by atoms with Gasteiger partial charge in [-0.1, -0.05) is 15.9 Å². The van der Waals surface area contributed by atoms with E-state index in [4.69, 9.17) is 5.11 Å². The van der Waals surface area contributed by atoms with E-state index in [0.717, 1.165) is 4.47 Å². The quantitative estimate of drug-likeness (QED) is 0.774. The second kappa shape index (κ2) is 5.69. The molecule has 0 saturated carbocycles. The molecule has 0 radical (unpaired) electrons. The van der Waals surface area contributed by atoms with E-state index in [-0.39, 0.29) is 11.6 Å². The van der Waals surface area contributed by atoms with Crippen LogP contribution in [0.1, 0.15) is 10.6 Å². The Labute approximate surface area is 133 Å². The summed E-state index contributed by atoms with van der Waals surface area (Å²) in [4.78, 5) is 15.2. The average molecular weight is 362 g/mol. The van der Waals surface area contributed by atoms with Crippen molar-refractivity contribution < 1.29 is 14.3 Å². The largest absolute Gasteiger partial charge is 0.475 e. The first-order chi connectivity index (χ1) is 10.5. The number of benzene rings is 2. The molecule has 0 bridgehead atoms. The highest BCUT2D eigenvalue weighted by Crippen LogP contribution is 2.22. The predicted octanol–water partition coefficient (Wildman–Crippen LogP) is 3.53. The van der Waals surface area contributed by atoms with E-state index in [1.165, 1.54) is 28.9 Å². The summed E-state index contributed by atoms with van der Waals surface area (Å²) in [6.07, 6.45) is 0. The molecule has 0 amide bonds. The van der Waals surface area contributed by atoms with Crippen molar-refractivity contribution in [1.29, 1.82) is 0 Å². The maximum absolute atomic E-state index is 13.1. The van der Waals surface area contributed by atoms with Gasteiger partial charge in [-0.2, -0.15) is 0 Å². The zero-order valence-corrected chi connectivity index (χ0v) is 12.7. The SMILES string of the molecule is O=C(O)c1nc(-c2ccc(F)cc2)n(-c2ccc(Br)cc2)n1. The summed E-state index contributed by atoms with van der Waals surface area (Å²) in [5.74, 6) is -1.59. The van der Waals surface area contributed by atoms with E-state index in [2.05, 4.69) is 26.0 Å². The number of rotatable bonds is 3. The van der Waals surface area contributed by atoms with E-state index in [0.29, 0.717) is 17.1 Å². The van der Waals surface area contributed by atoms with Gasteiger partial charge in [-0.25, -0.2) is 18.9 Å². The molecule has 0 saturated heterocycles. The first kappa shape index (κ1) is 14.4. The topological polar surface area (TPSA) is 68.0 Å². The highest BCUT2D eigenvalue weighted by Gasteiger charge is 2.17. The monoisotopic (exact) mass is 361 g/mol. The Morgan fingerprint density at radius 2 is 1.73 bits per heavy atom. The molecule has 3 rings (SSSR count). The number of carboxylic acid groups (broad SMARTS) is 1. The van der Waals surface area contributed by atoms with Crippen LogP contribution < -0.4 is 0 Å². The molecule has 1 aromatic heterocycles. The molecule has 22 heavy (non-hydrogen) atoms. The molecule has 0 aliphatic carbocycles. The summed E-state index contributed by atoms with van der Waals surface area (Å²) in [6.45, 7) is 0.